The van der Waals surface area contributed by atoms with Crippen molar-refractivity contribution in [3.05, 3.63) is 29.8 Å². The van der Waals surface area contributed by atoms with Gasteiger partial charge < -0.3 is 15.4 Å². The molecule has 0 unspecified atom stereocenters. The van der Waals surface area contributed by atoms with Gasteiger partial charge in [0.05, 0.1) is 6.61 Å². The molecule has 1 fully saturated rings. The Balaban J connectivity index is 1.62. The number of nitrogens with two attached hydrogens (primary N) is 1. The lowest BCUT2D eigenvalue weighted by molar-refractivity contribution is 0.245. The summed E-state index contributed by atoms with van der Waals surface area (Å²) in [5, 5.41) is 0. The first kappa shape index (κ1) is 14.7. The molecule has 3 nitrogen and oxygen atoms in total. The molecule has 1 saturated heterocycles. The molecule has 19 heavy (non-hydrogen) atoms. The van der Waals surface area contributed by atoms with Gasteiger partial charge in [-0.1, -0.05) is 12.1 Å². The number of ether oxygens (including phenoxy) is 1. The Morgan fingerprint density at radius 2 is 2.00 bits per heavy atom. The van der Waals surface area contributed by atoms with Gasteiger partial charge in [0, 0.05) is 25.4 Å². The van der Waals surface area contributed by atoms with Gasteiger partial charge in [-0.05, 0) is 42.8 Å². The van der Waals surface area contributed by atoms with E-state index in [2.05, 4.69) is 16.7 Å². The second-order valence-corrected chi connectivity index (χ2v) is 6.08. The number of rotatable bonds is 6. The SMILES string of the molecule is NCc1ccc(OCCCN2CCCSCC2)cc1. The highest BCUT2D eigenvalue weighted by atomic mass is 32.2. The van der Waals surface area contributed by atoms with E-state index in [0.29, 0.717) is 6.54 Å². The number of hydrogen-bond acceptors (Lipinski definition) is 4. The first-order valence-electron chi connectivity index (χ1n) is 7.10. The lowest BCUT2D eigenvalue weighted by atomic mass is 10.2. The van der Waals surface area contributed by atoms with Crippen molar-refractivity contribution in [2.75, 3.05) is 37.7 Å². The van der Waals surface area contributed by atoms with Crippen LogP contribution in [0.15, 0.2) is 24.3 Å². The quantitative estimate of drug-likeness (QED) is 0.812. The van der Waals surface area contributed by atoms with Gasteiger partial charge in [0.25, 0.3) is 0 Å². The van der Waals surface area contributed by atoms with Gasteiger partial charge in [-0.25, -0.2) is 0 Å². The van der Waals surface area contributed by atoms with Gasteiger partial charge in [-0.3, -0.25) is 0 Å². The summed E-state index contributed by atoms with van der Waals surface area (Å²) in [5.74, 6) is 3.55. The van der Waals surface area contributed by atoms with Crippen LogP contribution in [-0.4, -0.2) is 42.6 Å². The van der Waals surface area contributed by atoms with Crippen molar-refractivity contribution in [2.45, 2.75) is 19.4 Å². The molecule has 0 bridgehead atoms. The summed E-state index contributed by atoms with van der Waals surface area (Å²) in [6, 6.07) is 8.07. The minimum Gasteiger partial charge on any atom is -0.494 e. The van der Waals surface area contributed by atoms with E-state index in [-0.39, 0.29) is 0 Å². The van der Waals surface area contributed by atoms with E-state index in [1.165, 1.54) is 31.0 Å². The van der Waals surface area contributed by atoms with Gasteiger partial charge in [0.15, 0.2) is 0 Å². The van der Waals surface area contributed by atoms with E-state index in [9.17, 15) is 0 Å². The molecule has 4 heteroatoms. The molecule has 0 spiro atoms. The van der Waals surface area contributed by atoms with Crippen LogP contribution in [0, 0.1) is 0 Å². The highest BCUT2D eigenvalue weighted by Gasteiger charge is 2.08. The maximum atomic E-state index is 5.76. The van der Waals surface area contributed by atoms with Crippen LogP contribution in [0.1, 0.15) is 18.4 Å². The molecule has 0 amide bonds. The molecule has 1 aromatic rings. The monoisotopic (exact) mass is 280 g/mol. The predicted molar refractivity (Wildman–Crippen MR) is 82.8 cm³/mol. The van der Waals surface area contributed by atoms with Crippen LogP contribution in [-0.2, 0) is 6.54 Å². The molecule has 2 N–H and O–H groups in total. The molecule has 1 aliphatic heterocycles. The maximum Gasteiger partial charge on any atom is 0.119 e. The summed E-state index contributed by atoms with van der Waals surface area (Å²) in [6.07, 6.45) is 2.43. The molecule has 0 radical (unpaired) electrons. The topological polar surface area (TPSA) is 38.5 Å². The Kier molecular flexibility index (Phi) is 6.54. The van der Waals surface area contributed by atoms with Crippen LogP contribution in [0.5, 0.6) is 5.75 Å². The number of benzene rings is 1. The molecule has 0 aromatic heterocycles. The molecular weight excluding hydrogens is 256 g/mol. The lowest BCUT2D eigenvalue weighted by Crippen LogP contribution is -2.28. The number of thioether (sulfide) groups is 1. The fourth-order valence-electron chi connectivity index (χ4n) is 2.22. The molecule has 0 saturated carbocycles. The first-order valence-corrected chi connectivity index (χ1v) is 8.26. The largest absolute Gasteiger partial charge is 0.494 e. The van der Waals surface area contributed by atoms with Gasteiger partial charge in [-0.15, -0.1) is 0 Å². The molecular formula is C15H24N2OS. The molecule has 1 aliphatic rings. The summed E-state index contributed by atoms with van der Waals surface area (Å²) < 4.78 is 5.76. The smallest absolute Gasteiger partial charge is 0.119 e. The standard InChI is InChI=1S/C15H24N2OS/c16-13-14-3-5-15(6-4-14)18-10-1-7-17-8-2-11-19-12-9-17/h3-6H,1-2,7-13,16H2. The number of hydrogen-bond donors (Lipinski definition) is 1. The van der Waals surface area contributed by atoms with E-state index < -0.39 is 0 Å². The molecule has 0 aliphatic carbocycles. The van der Waals surface area contributed by atoms with Crippen molar-refractivity contribution < 1.29 is 4.74 Å². The van der Waals surface area contributed by atoms with E-state index in [1.807, 2.05) is 24.3 Å². The molecule has 1 heterocycles. The van der Waals surface area contributed by atoms with E-state index >= 15 is 0 Å². The third kappa shape index (κ3) is 5.43. The minimum atomic E-state index is 0.591. The van der Waals surface area contributed by atoms with Crippen LogP contribution < -0.4 is 10.5 Å². The van der Waals surface area contributed by atoms with Crippen molar-refractivity contribution in [3.63, 3.8) is 0 Å². The second kappa shape index (κ2) is 8.46. The molecule has 0 atom stereocenters. The zero-order valence-corrected chi connectivity index (χ0v) is 12.3. The zero-order valence-electron chi connectivity index (χ0n) is 11.5. The summed E-state index contributed by atoms with van der Waals surface area (Å²) in [7, 11) is 0. The Labute approximate surface area is 120 Å². The lowest BCUT2D eigenvalue weighted by Gasteiger charge is -2.19. The molecule has 106 valence electrons. The minimum absolute atomic E-state index is 0.591. The van der Waals surface area contributed by atoms with Crippen LogP contribution in [0.3, 0.4) is 0 Å². The Hall–Kier alpha value is -0.710. The summed E-state index contributed by atoms with van der Waals surface area (Å²) >= 11 is 2.08. The normalized spacial score (nSPS) is 17.1. The fraction of sp³-hybridized carbons (Fsp3) is 0.600. The molecule has 2 rings (SSSR count). The average molecular weight is 280 g/mol. The Morgan fingerprint density at radius 3 is 2.79 bits per heavy atom. The van der Waals surface area contributed by atoms with Crippen molar-refractivity contribution in [2.24, 2.45) is 5.73 Å². The predicted octanol–water partition coefficient (Wildman–Crippen LogP) is 2.35. The van der Waals surface area contributed by atoms with E-state index in [4.69, 9.17) is 10.5 Å². The van der Waals surface area contributed by atoms with Gasteiger partial charge in [0.1, 0.15) is 5.75 Å². The van der Waals surface area contributed by atoms with Crippen molar-refractivity contribution >= 4 is 11.8 Å². The Bertz CT molecular complexity index is 348. The summed E-state index contributed by atoms with van der Waals surface area (Å²) in [5.41, 5.74) is 6.72. The summed E-state index contributed by atoms with van der Waals surface area (Å²) in [4.78, 5) is 2.56. The maximum absolute atomic E-state index is 5.76. The highest BCUT2D eigenvalue weighted by Crippen LogP contribution is 2.13. The Morgan fingerprint density at radius 1 is 1.16 bits per heavy atom. The first-order chi connectivity index (χ1) is 9.38. The number of nitrogens with zero attached hydrogens (tertiary/aromatic N) is 1. The van der Waals surface area contributed by atoms with Crippen molar-refractivity contribution in [3.8, 4) is 5.75 Å². The highest BCUT2D eigenvalue weighted by molar-refractivity contribution is 7.99. The van der Waals surface area contributed by atoms with E-state index in [0.717, 1.165) is 30.9 Å². The summed E-state index contributed by atoms with van der Waals surface area (Å²) in [6.45, 7) is 5.02. The fourth-order valence-corrected chi connectivity index (χ4v) is 3.15. The average Bonchev–Trinajstić information content (AvgIpc) is 2.73. The van der Waals surface area contributed by atoms with E-state index in [1.54, 1.807) is 0 Å². The zero-order chi connectivity index (χ0) is 13.3. The van der Waals surface area contributed by atoms with Gasteiger partial charge >= 0.3 is 0 Å². The van der Waals surface area contributed by atoms with Crippen LogP contribution in [0.25, 0.3) is 0 Å². The van der Waals surface area contributed by atoms with Gasteiger partial charge in [-0.2, -0.15) is 11.8 Å². The van der Waals surface area contributed by atoms with Crippen LogP contribution in [0.2, 0.25) is 0 Å². The second-order valence-electron chi connectivity index (χ2n) is 4.86. The third-order valence-corrected chi connectivity index (χ3v) is 4.41. The van der Waals surface area contributed by atoms with Crippen molar-refractivity contribution in [1.82, 2.24) is 4.90 Å². The van der Waals surface area contributed by atoms with Crippen molar-refractivity contribution in [1.29, 1.82) is 0 Å². The van der Waals surface area contributed by atoms with Crippen LogP contribution >= 0.6 is 11.8 Å². The third-order valence-electron chi connectivity index (χ3n) is 3.36. The molecule has 1 aromatic carbocycles. The van der Waals surface area contributed by atoms with Crippen LogP contribution in [0.4, 0.5) is 0 Å². The van der Waals surface area contributed by atoms with Gasteiger partial charge in [0.2, 0.25) is 0 Å².